The van der Waals surface area contributed by atoms with E-state index in [1.807, 2.05) is 23.8 Å². The molecule has 11 nitrogen and oxygen atoms in total. The van der Waals surface area contributed by atoms with E-state index in [9.17, 15) is 23.8 Å². The fraction of sp³-hybridized carbons (Fsp3) is 0.457. The van der Waals surface area contributed by atoms with Crippen LogP contribution in [-0.4, -0.2) is 107 Å². The number of likely N-dealkylation sites (tertiary alicyclic amines) is 2. The first-order valence-electron chi connectivity index (χ1n) is 16.0. The Morgan fingerprint density at radius 3 is 2.92 bits per heavy atom. The summed E-state index contributed by atoms with van der Waals surface area (Å²) < 4.78 is 48.1. The van der Waals surface area contributed by atoms with Gasteiger partial charge in [-0.05, 0) is 49.4 Å². The van der Waals surface area contributed by atoms with E-state index in [1.165, 1.54) is 30.3 Å². The van der Waals surface area contributed by atoms with Crippen LogP contribution in [0.1, 0.15) is 43.4 Å². The van der Waals surface area contributed by atoms with Gasteiger partial charge in [0.25, 0.3) is 5.88 Å². The van der Waals surface area contributed by atoms with Crippen molar-refractivity contribution in [2.45, 2.75) is 50.0 Å². The van der Waals surface area contributed by atoms with Gasteiger partial charge < -0.3 is 34.2 Å². The number of alkyl halides is 1. The number of rotatable bonds is 10. The average Bonchev–Trinajstić information content (AvgIpc) is 3.65. The number of nitrogens with zero attached hydrogens (tertiary/aromatic N) is 5. The molecule has 4 atom stereocenters. The Hall–Kier alpha value is -4.67. The Morgan fingerprint density at radius 1 is 1.35 bits per heavy atom. The van der Waals surface area contributed by atoms with Gasteiger partial charge in [-0.1, -0.05) is 18.6 Å². The number of benzene rings is 2. The van der Waals surface area contributed by atoms with Crippen molar-refractivity contribution in [2.24, 2.45) is 0 Å². The maximum absolute atomic E-state index is 14.8. The number of phenolic OH excluding ortho intramolecular Hbond substituents is 1. The lowest BCUT2D eigenvalue weighted by Gasteiger charge is -2.34. The van der Waals surface area contributed by atoms with Gasteiger partial charge in [0, 0.05) is 56.6 Å². The molecular formula is C35H39F2N5O6. The van der Waals surface area contributed by atoms with E-state index in [4.69, 9.17) is 20.6 Å². The molecule has 0 radical (unpaired) electrons. The first-order chi connectivity index (χ1) is 23.0. The first kappa shape index (κ1) is 33.2. The highest BCUT2D eigenvalue weighted by atomic mass is 19.1. The smallest absolute Gasteiger partial charge is 0.322 e. The zero-order valence-electron chi connectivity index (χ0n) is 27.0. The molecule has 3 aliphatic rings. The van der Waals surface area contributed by atoms with Crippen molar-refractivity contribution in [1.29, 1.82) is 0 Å². The van der Waals surface area contributed by atoms with E-state index >= 15 is 0 Å². The zero-order valence-corrected chi connectivity index (χ0v) is 27.0. The number of β-amino-alcohol motifs (C(OH)–C–C–N with tert-alkyl or cyclic N) is 1. The highest BCUT2D eigenvalue weighted by molar-refractivity contribution is 5.93. The number of anilines is 1. The van der Waals surface area contributed by atoms with Gasteiger partial charge >= 0.3 is 6.01 Å². The number of hydrogen-bond donors (Lipinski definition) is 2. The first-order valence-corrected chi connectivity index (χ1v) is 16.0. The van der Waals surface area contributed by atoms with Crippen LogP contribution in [0.2, 0.25) is 0 Å². The summed E-state index contributed by atoms with van der Waals surface area (Å²) in [6.45, 7) is 6.88. The van der Waals surface area contributed by atoms with Crippen molar-refractivity contribution in [3.63, 3.8) is 0 Å². The van der Waals surface area contributed by atoms with Gasteiger partial charge in [0.15, 0.2) is 11.9 Å². The third kappa shape index (κ3) is 6.30. The molecule has 0 aliphatic carbocycles. The maximum Gasteiger partial charge on any atom is 0.322 e. The zero-order chi connectivity index (χ0) is 34.2. The number of carbonyl (C=O) groups is 1. The normalized spacial score (nSPS) is 23.7. The van der Waals surface area contributed by atoms with Crippen LogP contribution in [0.15, 0.2) is 36.9 Å². The fourth-order valence-electron chi connectivity index (χ4n) is 7.08. The molecule has 2 fully saturated rings. The fourth-order valence-corrected chi connectivity index (χ4v) is 7.08. The Balaban J connectivity index is 1.36. The molecule has 2 N–H and O–H groups in total. The number of aliphatic hydroxyl groups excluding tert-OH is 1. The summed E-state index contributed by atoms with van der Waals surface area (Å²) in [7, 11) is 1.82. The highest BCUT2D eigenvalue weighted by Crippen LogP contribution is 2.44. The Bertz CT molecular complexity index is 1770. The summed E-state index contributed by atoms with van der Waals surface area (Å²) in [5.41, 5.74) is -0.280. The number of amides is 1. The van der Waals surface area contributed by atoms with E-state index in [2.05, 4.69) is 22.5 Å². The van der Waals surface area contributed by atoms with Crippen molar-refractivity contribution < 1.29 is 38.0 Å². The Morgan fingerprint density at radius 2 is 2.17 bits per heavy atom. The van der Waals surface area contributed by atoms with Crippen LogP contribution < -0.4 is 19.1 Å². The van der Waals surface area contributed by atoms with Gasteiger partial charge in [0.1, 0.15) is 31.0 Å². The van der Waals surface area contributed by atoms with E-state index in [0.717, 1.165) is 12.8 Å². The van der Waals surface area contributed by atoms with Crippen molar-refractivity contribution in [2.75, 3.05) is 57.9 Å². The molecule has 0 spiro atoms. The summed E-state index contributed by atoms with van der Waals surface area (Å²) in [6.07, 6.45) is 6.94. The predicted molar refractivity (Wildman–Crippen MR) is 175 cm³/mol. The molecule has 2 aromatic carbocycles. The second kappa shape index (κ2) is 13.4. The van der Waals surface area contributed by atoms with Gasteiger partial charge in [-0.2, -0.15) is 9.97 Å². The topological polar surface area (TPSA) is 121 Å². The van der Waals surface area contributed by atoms with E-state index in [-0.39, 0.29) is 80.2 Å². The number of phenols is 1. The number of aromatic nitrogens is 2. The molecule has 1 aromatic heterocycles. The van der Waals surface area contributed by atoms with Gasteiger partial charge in [0.2, 0.25) is 11.7 Å². The second-order valence-corrected chi connectivity index (χ2v) is 12.8. The molecule has 13 heteroatoms. The Labute approximate surface area is 277 Å². The summed E-state index contributed by atoms with van der Waals surface area (Å²) in [5.74, 6) is 2.27. The lowest BCUT2D eigenvalue weighted by Crippen LogP contribution is -2.47. The van der Waals surface area contributed by atoms with Crippen LogP contribution in [-0.2, 0) is 4.79 Å². The quantitative estimate of drug-likeness (QED) is 0.245. The van der Waals surface area contributed by atoms with Crippen LogP contribution in [0.5, 0.6) is 23.4 Å². The lowest BCUT2D eigenvalue weighted by molar-refractivity contribution is -0.126. The number of aromatic hydroxyl groups is 1. The molecule has 0 saturated carbocycles. The van der Waals surface area contributed by atoms with Crippen LogP contribution >= 0.6 is 0 Å². The molecule has 6 rings (SSSR count). The molecular weight excluding hydrogens is 624 g/mol. The third-order valence-electron chi connectivity index (χ3n) is 9.41. The molecule has 1 amide bonds. The third-order valence-corrected chi connectivity index (χ3v) is 9.41. The van der Waals surface area contributed by atoms with Crippen LogP contribution in [0.4, 0.5) is 14.6 Å². The van der Waals surface area contributed by atoms with Gasteiger partial charge in [-0.25, -0.2) is 8.78 Å². The number of likely N-dealkylation sites (N-methyl/N-ethyl adjacent to an activating group) is 1. The largest absolute Gasteiger partial charge is 0.508 e. The second-order valence-electron chi connectivity index (χ2n) is 12.8. The van der Waals surface area contributed by atoms with E-state index in [1.54, 1.807) is 4.90 Å². The Kier molecular flexibility index (Phi) is 9.31. The summed E-state index contributed by atoms with van der Waals surface area (Å²) >= 11 is 0. The summed E-state index contributed by atoms with van der Waals surface area (Å²) in [6, 6.07) is 5.58. The van der Waals surface area contributed by atoms with Crippen LogP contribution in [0, 0.1) is 18.2 Å². The number of fused-ring (bicyclic) bond motifs is 2. The van der Waals surface area contributed by atoms with Gasteiger partial charge in [0.05, 0.1) is 17.7 Å². The monoisotopic (exact) mass is 663 g/mol. The maximum atomic E-state index is 14.8. The minimum atomic E-state index is -1.07. The lowest BCUT2D eigenvalue weighted by atomic mass is 9.95. The molecule has 0 bridgehead atoms. The van der Waals surface area contributed by atoms with Crippen molar-refractivity contribution in [3.05, 3.63) is 53.9 Å². The number of ether oxygens (including phenoxy) is 3. The van der Waals surface area contributed by atoms with Crippen molar-refractivity contribution in [1.82, 2.24) is 19.8 Å². The number of carbonyl (C=O) groups excluding carboxylic acids is 1. The van der Waals surface area contributed by atoms with E-state index in [0.29, 0.717) is 35.2 Å². The molecule has 254 valence electrons. The molecule has 4 heterocycles. The molecule has 2 saturated heterocycles. The highest BCUT2D eigenvalue weighted by Gasteiger charge is 2.43. The number of aliphatic hydroxyl groups is 1. The number of hydrogen-bond acceptors (Lipinski definition) is 10. The van der Waals surface area contributed by atoms with Crippen LogP contribution in [0.3, 0.4) is 0 Å². The summed E-state index contributed by atoms with van der Waals surface area (Å²) in [5, 5.41) is 21.0. The molecule has 3 aromatic rings. The standard InChI is InChI=1S/C35H39F2N5O6/c1-5-25-27(37)10-9-21-14-24(44)15-26(30(21)25)28-19-46-31-32(40(4)18-23-8-7-11-42(23)29(45)6-2)38-34(39-33(31)48-28)47-20-35(3)16-22(36)17-41(35)12-13-43/h1,6,9-10,14-15,22-23,28,43-44H,2,7-8,11-13,16-20H2,3-4H3/t22-,23+,28?,35+/m1/s1. The van der Waals surface area contributed by atoms with E-state index < -0.39 is 23.6 Å². The predicted octanol–water partition coefficient (Wildman–Crippen LogP) is 3.76. The molecule has 3 aliphatic heterocycles. The average molecular weight is 664 g/mol. The summed E-state index contributed by atoms with van der Waals surface area (Å²) in [4.78, 5) is 27.2. The number of halogens is 2. The van der Waals surface area contributed by atoms with Gasteiger partial charge in [-0.3, -0.25) is 9.69 Å². The minimum absolute atomic E-state index is 0.0302. The number of terminal acetylenes is 1. The molecule has 1 unspecified atom stereocenters. The SMILES string of the molecule is C#Cc1c(F)ccc2cc(O)cc(C3COc4c(nc(OC[C@]5(C)C[C@@H](F)CN5CCO)nc4N(C)C[C@@H]4CCCN4C(=O)C=C)O3)c12. The van der Waals surface area contributed by atoms with Crippen LogP contribution in [0.25, 0.3) is 10.8 Å². The minimum Gasteiger partial charge on any atom is -0.508 e. The molecule has 48 heavy (non-hydrogen) atoms. The van der Waals surface area contributed by atoms with Crippen molar-refractivity contribution in [3.8, 4) is 35.7 Å². The van der Waals surface area contributed by atoms with Gasteiger partial charge in [-0.15, -0.1) is 6.42 Å². The van der Waals surface area contributed by atoms with Crippen molar-refractivity contribution >= 4 is 22.5 Å².